The molecule has 0 aromatic heterocycles. The second kappa shape index (κ2) is 31.0. The van der Waals surface area contributed by atoms with Crippen LogP contribution in [0.3, 0.4) is 0 Å². The summed E-state index contributed by atoms with van der Waals surface area (Å²) in [6, 6.07) is -2.69. The summed E-state index contributed by atoms with van der Waals surface area (Å²) in [7, 11) is 3.79. The number of rotatable bonds is 32. The lowest BCUT2D eigenvalue weighted by Gasteiger charge is -2.47. The monoisotopic (exact) mass is 909 g/mol. The third kappa shape index (κ3) is 22.6. The number of ether oxygens (including phenoxy) is 6. The van der Waals surface area contributed by atoms with E-state index in [0.717, 1.165) is 89.9 Å². The molecule has 20 heteroatoms. The third-order valence-corrected chi connectivity index (χ3v) is 11.2. The maximum Gasteiger partial charge on any atom is 0.361 e. The fourth-order valence-electron chi connectivity index (χ4n) is 7.46. The van der Waals surface area contributed by atoms with Gasteiger partial charge in [-0.2, -0.15) is 0 Å². The molecule has 0 aromatic carbocycles. The summed E-state index contributed by atoms with van der Waals surface area (Å²) < 4.78 is 32.9. The van der Waals surface area contributed by atoms with Crippen LogP contribution in [0.1, 0.15) is 123 Å². The molecule has 8 N–H and O–H groups in total. The van der Waals surface area contributed by atoms with Gasteiger partial charge in [0, 0.05) is 26.7 Å². The first-order chi connectivity index (χ1) is 30.0. The maximum absolute atomic E-state index is 12.8. The normalized spacial score (nSPS) is 26.1. The van der Waals surface area contributed by atoms with Gasteiger partial charge >= 0.3 is 17.9 Å². The third-order valence-electron chi connectivity index (χ3n) is 11.2. The molecule has 20 nitrogen and oxygen atoms in total. The van der Waals surface area contributed by atoms with Gasteiger partial charge in [0.1, 0.15) is 61.9 Å². The summed E-state index contributed by atoms with van der Waals surface area (Å²) in [4.78, 5) is 59.7. The highest BCUT2D eigenvalue weighted by Gasteiger charge is 2.51. The number of carbonyl (C=O) groups excluding carboxylic acids is 5. The van der Waals surface area contributed by atoms with Crippen molar-refractivity contribution in [1.82, 2.24) is 10.6 Å². The Balaban J connectivity index is 1.49. The van der Waals surface area contributed by atoms with Gasteiger partial charge in [0.05, 0.1) is 40.5 Å². The average Bonchev–Trinajstić information content (AvgIpc) is 3.21. The number of quaternary nitrogens is 1. The lowest BCUT2D eigenvalue weighted by molar-refractivity contribution is -0.883. The number of aliphatic hydroxyl groups excluding tert-OH is 6. The van der Waals surface area contributed by atoms with Gasteiger partial charge in [-0.15, -0.1) is 0 Å². The molecule has 0 aromatic rings. The van der Waals surface area contributed by atoms with E-state index in [-0.39, 0.29) is 37.5 Å². The van der Waals surface area contributed by atoms with Crippen LogP contribution in [-0.4, -0.2) is 186 Å². The summed E-state index contributed by atoms with van der Waals surface area (Å²) in [6.07, 6.45) is 2.18. The molecule has 2 fully saturated rings. The Morgan fingerprint density at radius 1 is 0.571 bits per heavy atom. The predicted octanol–water partition coefficient (Wildman–Crippen LogP) is 0.228. The summed E-state index contributed by atoms with van der Waals surface area (Å²) >= 11 is 0. The van der Waals surface area contributed by atoms with E-state index in [1.165, 1.54) is 13.8 Å². The van der Waals surface area contributed by atoms with E-state index in [1.807, 2.05) is 14.1 Å². The Hall–Kier alpha value is -3.05. The van der Waals surface area contributed by atoms with Crippen LogP contribution in [0.2, 0.25) is 0 Å². The molecule has 0 aliphatic carbocycles. The fraction of sp³-hybridized carbons (Fsp3) is 0.884. The zero-order valence-corrected chi connectivity index (χ0v) is 37.9. The van der Waals surface area contributed by atoms with Gasteiger partial charge in [-0.3, -0.25) is 19.2 Å². The van der Waals surface area contributed by atoms with Crippen molar-refractivity contribution in [3.05, 3.63) is 0 Å². The van der Waals surface area contributed by atoms with Crippen molar-refractivity contribution in [3.8, 4) is 0 Å². The molecular weight excluding hydrogens is 830 g/mol. The number of unbranched alkanes of at least 4 members (excludes halogenated alkanes) is 13. The lowest BCUT2D eigenvalue weighted by Crippen LogP contribution is -2.69. The highest BCUT2D eigenvalue weighted by molar-refractivity contribution is 5.76. The largest absolute Gasteiger partial charge is 0.466 e. The molecule has 63 heavy (non-hydrogen) atoms. The lowest BCUT2D eigenvalue weighted by atomic mass is 9.94. The van der Waals surface area contributed by atoms with Crippen molar-refractivity contribution < 1.29 is 87.5 Å². The first-order valence-corrected chi connectivity index (χ1v) is 22.7. The van der Waals surface area contributed by atoms with E-state index in [4.69, 9.17) is 28.4 Å². The molecule has 2 aliphatic heterocycles. The van der Waals surface area contributed by atoms with E-state index >= 15 is 0 Å². The molecule has 2 saturated heterocycles. The van der Waals surface area contributed by atoms with Crippen molar-refractivity contribution in [1.29, 1.82) is 0 Å². The van der Waals surface area contributed by atoms with E-state index in [9.17, 15) is 54.6 Å². The minimum absolute atomic E-state index is 0.109. The van der Waals surface area contributed by atoms with Crippen LogP contribution >= 0.6 is 0 Å². The number of aliphatic hydroxyl groups is 6. The molecule has 366 valence electrons. The molecule has 0 saturated carbocycles. The maximum atomic E-state index is 12.8. The van der Waals surface area contributed by atoms with Crippen LogP contribution in [0.5, 0.6) is 0 Å². The van der Waals surface area contributed by atoms with Crippen LogP contribution in [0.4, 0.5) is 0 Å². The quantitative estimate of drug-likeness (QED) is 0.0194. The Bertz CT molecular complexity index is 1340. The van der Waals surface area contributed by atoms with Crippen LogP contribution in [-0.2, 0) is 52.4 Å². The van der Waals surface area contributed by atoms with E-state index in [2.05, 4.69) is 10.6 Å². The summed E-state index contributed by atoms with van der Waals surface area (Å²) in [6.45, 7) is 2.98. The number of hydrogen-bond donors (Lipinski definition) is 8. The van der Waals surface area contributed by atoms with Crippen molar-refractivity contribution in [2.45, 2.75) is 184 Å². The number of carbonyl (C=O) groups is 5. The predicted molar refractivity (Wildman–Crippen MR) is 225 cm³/mol. The summed E-state index contributed by atoms with van der Waals surface area (Å²) in [5, 5.41) is 67.1. The minimum atomic E-state index is -1.70. The zero-order chi connectivity index (χ0) is 46.8. The number of esters is 3. The van der Waals surface area contributed by atoms with Gasteiger partial charge in [0.2, 0.25) is 11.8 Å². The highest BCUT2D eigenvalue weighted by atomic mass is 16.7. The van der Waals surface area contributed by atoms with Gasteiger partial charge in [0.15, 0.2) is 19.1 Å². The van der Waals surface area contributed by atoms with Crippen LogP contribution in [0, 0.1) is 0 Å². The second-order valence-electron chi connectivity index (χ2n) is 17.3. The second-order valence-corrected chi connectivity index (χ2v) is 17.3. The van der Waals surface area contributed by atoms with Gasteiger partial charge < -0.3 is 74.2 Å². The van der Waals surface area contributed by atoms with Gasteiger partial charge in [-0.1, -0.05) is 70.6 Å². The Morgan fingerprint density at radius 2 is 1.10 bits per heavy atom. The number of nitrogens with one attached hydrogen (secondary N) is 2. The standard InChI is InChI=1S/C43H77N3O17/c1-29(49)44-37-39(55)38(54)31(27-47)62-43(37)63-41-32(28-48)61-42(57)36(40(41)56)45-33(51)20-16-12-8-7-9-13-17-21-34(52)59-23-18-14-10-5-6-11-15-19-24-60-35(53)26-46(3,4)22-25-58-30(2)50/h31-32,36-43,47-48,54-57H,5-28H2,1-4H3,(H-,44,45,49,51)/p+1/t31?,32?,36?,37?,38-,39-,40-,41-,42-,43+/m0/s1. The zero-order valence-electron chi connectivity index (χ0n) is 37.9. The number of amides is 2. The van der Waals surface area contributed by atoms with Gasteiger partial charge in [-0.05, 0) is 25.7 Å². The number of hydrogen-bond acceptors (Lipinski definition) is 17. The highest BCUT2D eigenvalue weighted by Crippen LogP contribution is 2.29. The van der Waals surface area contributed by atoms with E-state index < -0.39 is 86.3 Å². The van der Waals surface area contributed by atoms with E-state index in [0.29, 0.717) is 37.1 Å². The topological polar surface area (TPSA) is 286 Å². The van der Waals surface area contributed by atoms with Crippen LogP contribution in [0.15, 0.2) is 0 Å². The molecular formula is C43H78N3O17+. The fourth-order valence-corrected chi connectivity index (χ4v) is 7.46. The Labute approximate surface area is 371 Å². The Kier molecular flexibility index (Phi) is 27.6. The molecule has 0 bridgehead atoms. The summed E-state index contributed by atoms with van der Waals surface area (Å²) in [5.74, 6) is -1.81. The molecule has 2 heterocycles. The van der Waals surface area contributed by atoms with Crippen LogP contribution in [0.25, 0.3) is 0 Å². The molecule has 2 aliphatic rings. The molecule has 2 rings (SSSR count). The van der Waals surface area contributed by atoms with Crippen molar-refractivity contribution >= 4 is 29.7 Å². The Morgan fingerprint density at radius 3 is 1.63 bits per heavy atom. The molecule has 0 spiro atoms. The van der Waals surface area contributed by atoms with Gasteiger partial charge in [0.25, 0.3) is 0 Å². The van der Waals surface area contributed by atoms with Crippen molar-refractivity contribution in [2.24, 2.45) is 0 Å². The summed E-state index contributed by atoms with van der Waals surface area (Å²) in [5.41, 5.74) is 0. The first kappa shape index (κ1) is 56.1. The smallest absolute Gasteiger partial charge is 0.361 e. The minimum Gasteiger partial charge on any atom is -0.466 e. The van der Waals surface area contributed by atoms with Gasteiger partial charge in [-0.25, -0.2) is 4.79 Å². The van der Waals surface area contributed by atoms with Crippen LogP contribution < -0.4 is 10.6 Å². The van der Waals surface area contributed by atoms with Crippen molar-refractivity contribution in [2.75, 3.05) is 60.2 Å². The van der Waals surface area contributed by atoms with E-state index in [1.54, 1.807) is 0 Å². The molecule has 2 amide bonds. The molecule has 0 radical (unpaired) electrons. The first-order valence-electron chi connectivity index (χ1n) is 22.7. The van der Waals surface area contributed by atoms with Crippen molar-refractivity contribution in [3.63, 3.8) is 0 Å². The number of likely N-dealkylation sites (N-methyl/N-ethyl adjacent to an activating group) is 1. The molecule has 10 atom stereocenters. The number of nitrogens with zero attached hydrogens (tertiary/aromatic N) is 1. The average molecular weight is 909 g/mol. The SMILES string of the molecule is CC(=O)NC1[C@@H](O[C@H]2C(CO)O[C@H](O)C(NC(=O)CCCCCCCCCC(=O)OCCCCCCCCCCOC(=O)C[N+](C)(C)CCOC(C)=O)[C@@H]2O)OC(CO)[C@H](O)[C@H]1O. The molecule has 4 unspecified atom stereocenters.